The molecule has 2 nitrogen and oxygen atoms in total. The van der Waals surface area contributed by atoms with Gasteiger partial charge in [0.15, 0.2) is 0 Å². The minimum absolute atomic E-state index is 1.18. The lowest BCUT2D eigenvalue weighted by Gasteiger charge is -2.14. The molecular formula is C40H24N2. The summed E-state index contributed by atoms with van der Waals surface area (Å²) in [5.41, 5.74) is 12.6. The number of aromatic nitrogens is 2. The van der Waals surface area contributed by atoms with Crippen molar-refractivity contribution >= 4 is 54.4 Å². The Kier molecular flexibility index (Phi) is 4.21. The fourth-order valence-electron chi connectivity index (χ4n) is 7.62. The summed E-state index contributed by atoms with van der Waals surface area (Å²) in [4.78, 5) is 0. The van der Waals surface area contributed by atoms with Crippen molar-refractivity contribution < 1.29 is 0 Å². The first-order chi connectivity index (χ1) is 20.9. The molecule has 0 spiro atoms. The van der Waals surface area contributed by atoms with Gasteiger partial charge in [-0.25, -0.2) is 0 Å². The van der Waals surface area contributed by atoms with E-state index in [2.05, 4.69) is 155 Å². The summed E-state index contributed by atoms with van der Waals surface area (Å²) in [6.45, 7) is 0. The minimum atomic E-state index is 1.18. The van der Waals surface area contributed by atoms with Gasteiger partial charge in [-0.2, -0.15) is 0 Å². The Labute approximate surface area is 242 Å². The van der Waals surface area contributed by atoms with Crippen LogP contribution in [0.4, 0.5) is 0 Å². The zero-order valence-corrected chi connectivity index (χ0v) is 22.8. The first kappa shape index (κ1) is 22.1. The van der Waals surface area contributed by atoms with Crippen LogP contribution >= 0.6 is 0 Å². The molecule has 0 bridgehead atoms. The van der Waals surface area contributed by atoms with Crippen molar-refractivity contribution in [2.24, 2.45) is 0 Å². The lowest BCUT2D eigenvalue weighted by Crippen LogP contribution is -1.97. The fourth-order valence-corrected chi connectivity index (χ4v) is 7.62. The lowest BCUT2D eigenvalue weighted by atomic mass is 10.0. The molecule has 42 heavy (non-hydrogen) atoms. The normalized spacial score (nSPS) is 12.3. The number of nitrogens with zero attached hydrogens (tertiary/aromatic N) is 2. The van der Waals surface area contributed by atoms with Crippen LogP contribution < -0.4 is 0 Å². The lowest BCUT2D eigenvalue weighted by molar-refractivity contribution is 1.17. The smallest absolute Gasteiger partial charge is 0.0549 e. The Morgan fingerprint density at radius 1 is 0.333 bits per heavy atom. The summed E-state index contributed by atoms with van der Waals surface area (Å²) in [5, 5.41) is 7.81. The summed E-state index contributed by atoms with van der Waals surface area (Å²) in [5.74, 6) is 0. The van der Waals surface area contributed by atoms with Crippen molar-refractivity contribution in [1.82, 2.24) is 9.13 Å². The van der Waals surface area contributed by atoms with Gasteiger partial charge in [0.25, 0.3) is 0 Å². The molecule has 0 saturated heterocycles. The van der Waals surface area contributed by atoms with E-state index in [-0.39, 0.29) is 0 Å². The second-order valence-corrected chi connectivity index (χ2v) is 11.3. The fraction of sp³-hybridized carbons (Fsp3) is 0. The van der Waals surface area contributed by atoms with Gasteiger partial charge in [-0.1, -0.05) is 103 Å². The van der Waals surface area contributed by atoms with E-state index in [1.54, 1.807) is 0 Å². The SMILES string of the molecule is c1ccc(-n2c3ccccc3c3c4c5ccccc5n(-c5ccc6cccc7c6c5-c5ccccc5-7)c4ccc32)cc1. The van der Waals surface area contributed by atoms with Gasteiger partial charge in [-0.05, 0) is 69.9 Å². The van der Waals surface area contributed by atoms with Crippen LogP contribution in [-0.4, -0.2) is 9.13 Å². The molecule has 10 rings (SSSR count). The van der Waals surface area contributed by atoms with Gasteiger partial charge in [0, 0.05) is 32.8 Å². The molecule has 1 aliphatic rings. The van der Waals surface area contributed by atoms with Crippen LogP contribution in [0.3, 0.4) is 0 Å². The Hall–Kier alpha value is -5.60. The predicted octanol–water partition coefficient (Wildman–Crippen LogP) is 10.7. The van der Waals surface area contributed by atoms with Crippen molar-refractivity contribution in [3.8, 4) is 33.6 Å². The molecule has 0 amide bonds. The predicted molar refractivity (Wildman–Crippen MR) is 177 cm³/mol. The van der Waals surface area contributed by atoms with Gasteiger partial charge in [0.1, 0.15) is 0 Å². The van der Waals surface area contributed by atoms with E-state index >= 15 is 0 Å². The van der Waals surface area contributed by atoms with E-state index in [9.17, 15) is 0 Å². The molecule has 0 fully saturated rings. The number of hydrogen-bond acceptors (Lipinski definition) is 0. The van der Waals surface area contributed by atoms with Crippen LogP contribution in [-0.2, 0) is 0 Å². The third-order valence-corrected chi connectivity index (χ3v) is 9.24. The quantitative estimate of drug-likeness (QED) is 0.210. The topological polar surface area (TPSA) is 9.86 Å². The zero-order chi connectivity index (χ0) is 27.4. The highest BCUT2D eigenvalue weighted by atomic mass is 15.0. The van der Waals surface area contributed by atoms with E-state index in [1.165, 1.54) is 88.0 Å². The molecule has 0 unspecified atom stereocenters. The van der Waals surface area contributed by atoms with Gasteiger partial charge in [0.05, 0.1) is 27.8 Å². The second-order valence-electron chi connectivity index (χ2n) is 11.3. The van der Waals surface area contributed by atoms with Gasteiger partial charge >= 0.3 is 0 Å². The van der Waals surface area contributed by atoms with E-state index in [0.29, 0.717) is 0 Å². The van der Waals surface area contributed by atoms with Crippen LogP contribution in [0.1, 0.15) is 0 Å². The van der Waals surface area contributed by atoms with Gasteiger partial charge in [0.2, 0.25) is 0 Å². The minimum Gasteiger partial charge on any atom is -0.309 e. The first-order valence-electron chi connectivity index (χ1n) is 14.5. The summed E-state index contributed by atoms with van der Waals surface area (Å²) in [7, 11) is 0. The van der Waals surface area contributed by atoms with Gasteiger partial charge < -0.3 is 9.13 Å². The molecule has 2 heteroatoms. The summed E-state index contributed by atoms with van der Waals surface area (Å²) in [6, 6.07) is 53.3. The number of benzene rings is 7. The highest BCUT2D eigenvalue weighted by Crippen LogP contribution is 2.51. The average Bonchev–Trinajstić information content (AvgIpc) is 3.69. The van der Waals surface area contributed by atoms with Crippen molar-refractivity contribution in [1.29, 1.82) is 0 Å². The molecule has 0 aliphatic heterocycles. The number of rotatable bonds is 2. The van der Waals surface area contributed by atoms with Crippen LogP contribution in [0, 0.1) is 0 Å². The van der Waals surface area contributed by atoms with Gasteiger partial charge in [-0.15, -0.1) is 0 Å². The zero-order valence-electron chi connectivity index (χ0n) is 22.8. The maximum atomic E-state index is 2.51. The molecule has 9 aromatic rings. The standard InChI is InChI=1S/C40H24N2/c1-2-12-26(13-3-1)41-32-19-8-6-16-30(32)39-34(41)23-24-36-40(39)31-17-7-9-20-33(31)42(36)35-22-21-25-11-10-18-28-27-14-4-5-15-29(27)38(35)37(25)28/h1-24H. The Morgan fingerprint density at radius 2 is 0.929 bits per heavy atom. The molecular weight excluding hydrogens is 508 g/mol. The molecule has 194 valence electrons. The van der Waals surface area contributed by atoms with Crippen molar-refractivity contribution in [2.75, 3.05) is 0 Å². The molecule has 2 heterocycles. The number of para-hydroxylation sites is 3. The second kappa shape index (κ2) is 7.99. The van der Waals surface area contributed by atoms with Gasteiger partial charge in [-0.3, -0.25) is 0 Å². The van der Waals surface area contributed by atoms with Crippen LogP contribution in [0.2, 0.25) is 0 Å². The summed E-state index contributed by atoms with van der Waals surface area (Å²) >= 11 is 0. The van der Waals surface area contributed by atoms with E-state index < -0.39 is 0 Å². The molecule has 7 aromatic carbocycles. The Morgan fingerprint density at radius 3 is 1.69 bits per heavy atom. The third kappa shape index (κ3) is 2.69. The van der Waals surface area contributed by atoms with Crippen molar-refractivity contribution in [3.05, 3.63) is 146 Å². The summed E-state index contributed by atoms with van der Waals surface area (Å²) in [6.07, 6.45) is 0. The van der Waals surface area contributed by atoms with Crippen LogP contribution in [0.15, 0.2) is 146 Å². The third-order valence-electron chi connectivity index (χ3n) is 9.24. The largest absolute Gasteiger partial charge is 0.309 e. The molecule has 1 aliphatic carbocycles. The van der Waals surface area contributed by atoms with Crippen LogP contribution in [0.25, 0.3) is 88.0 Å². The number of hydrogen-bond donors (Lipinski definition) is 0. The van der Waals surface area contributed by atoms with E-state index in [1.807, 2.05) is 0 Å². The van der Waals surface area contributed by atoms with E-state index in [0.717, 1.165) is 0 Å². The molecule has 0 N–H and O–H groups in total. The maximum Gasteiger partial charge on any atom is 0.0549 e. The molecule has 0 atom stereocenters. The average molecular weight is 533 g/mol. The Bertz CT molecular complexity index is 2560. The van der Waals surface area contributed by atoms with Crippen molar-refractivity contribution in [2.45, 2.75) is 0 Å². The first-order valence-corrected chi connectivity index (χ1v) is 14.5. The highest BCUT2D eigenvalue weighted by molar-refractivity contribution is 6.29. The number of fused-ring (bicyclic) bond motifs is 10. The van der Waals surface area contributed by atoms with Crippen molar-refractivity contribution in [3.63, 3.8) is 0 Å². The summed E-state index contributed by atoms with van der Waals surface area (Å²) < 4.78 is 4.92. The van der Waals surface area contributed by atoms with Crippen LogP contribution in [0.5, 0.6) is 0 Å². The van der Waals surface area contributed by atoms with E-state index in [4.69, 9.17) is 0 Å². The highest BCUT2D eigenvalue weighted by Gasteiger charge is 2.27. The molecule has 2 aromatic heterocycles. The molecule has 0 saturated carbocycles. The Balaban J connectivity index is 1.41. The maximum absolute atomic E-state index is 2.51. The molecule has 0 radical (unpaired) electrons. The monoisotopic (exact) mass is 532 g/mol.